The molecule has 82 valence electrons. The Bertz CT molecular complexity index is 499. The quantitative estimate of drug-likeness (QED) is 0.896. The standard InChI is InChI=1S/C10H7Cl2N3O/c11-6-1-7(12)3-8(2-6)16-10-5-14-4-9(13)15-10/h1-5H,(H2,13,15). The summed E-state index contributed by atoms with van der Waals surface area (Å²) in [6, 6.07) is 4.86. The van der Waals surface area contributed by atoms with Crippen LogP contribution in [0.1, 0.15) is 0 Å². The molecule has 0 spiro atoms. The van der Waals surface area contributed by atoms with Crippen molar-refractivity contribution in [1.29, 1.82) is 0 Å². The Balaban J connectivity index is 2.27. The maximum absolute atomic E-state index is 5.82. The van der Waals surface area contributed by atoms with E-state index in [0.717, 1.165) is 0 Å². The molecule has 0 saturated heterocycles. The van der Waals surface area contributed by atoms with E-state index in [0.29, 0.717) is 21.7 Å². The van der Waals surface area contributed by atoms with Gasteiger partial charge in [-0.1, -0.05) is 23.2 Å². The molecule has 4 nitrogen and oxygen atoms in total. The Morgan fingerprint density at radius 2 is 1.75 bits per heavy atom. The van der Waals surface area contributed by atoms with E-state index in [1.165, 1.54) is 12.4 Å². The molecule has 0 radical (unpaired) electrons. The predicted octanol–water partition coefficient (Wildman–Crippen LogP) is 3.16. The van der Waals surface area contributed by atoms with Gasteiger partial charge in [-0.15, -0.1) is 0 Å². The van der Waals surface area contributed by atoms with Crippen LogP contribution in [0.3, 0.4) is 0 Å². The molecule has 0 bridgehead atoms. The minimum atomic E-state index is 0.283. The van der Waals surface area contributed by atoms with Crippen molar-refractivity contribution in [2.24, 2.45) is 0 Å². The summed E-state index contributed by atoms with van der Waals surface area (Å²) in [6.07, 6.45) is 2.88. The van der Waals surface area contributed by atoms with Gasteiger partial charge >= 0.3 is 0 Å². The Labute approximate surface area is 102 Å². The Morgan fingerprint density at radius 1 is 1.06 bits per heavy atom. The second-order valence-electron chi connectivity index (χ2n) is 2.99. The summed E-state index contributed by atoms with van der Waals surface area (Å²) in [5.74, 6) is 1.06. The number of nitrogen functional groups attached to an aromatic ring is 1. The van der Waals surface area contributed by atoms with Crippen LogP contribution in [0, 0.1) is 0 Å². The normalized spacial score (nSPS) is 10.1. The average molecular weight is 256 g/mol. The smallest absolute Gasteiger partial charge is 0.239 e. The number of nitrogens with zero attached hydrogens (tertiary/aromatic N) is 2. The maximum Gasteiger partial charge on any atom is 0.239 e. The Hall–Kier alpha value is -1.52. The number of anilines is 1. The van der Waals surface area contributed by atoms with Crippen molar-refractivity contribution < 1.29 is 4.74 Å². The highest BCUT2D eigenvalue weighted by atomic mass is 35.5. The maximum atomic E-state index is 5.82. The molecule has 0 atom stereocenters. The van der Waals surface area contributed by atoms with E-state index in [1.807, 2.05) is 0 Å². The van der Waals surface area contributed by atoms with Crippen molar-refractivity contribution in [1.82, 2.24) is 9.97 Å². The molecule has 0 saturated carbocycles. The van der Waals surface area contributed by atoms with Crippen LogP contribution < -0.4 is 10.5 Å². The lowest BCUT2D eigenvalue weighted by atomic mass is 10.3. The third kappa shape index (κ3) is 2.74. The van der Waals surface area contributed by atoms with Crippen LogP contribution in [0.5, 0.6) is 11.6 Å². The minimum absolute atomic E-state index is 0.283. The summed E-state index contributed by atoms with van der Waals surface area (Å²) in [5, 5.41) is 0.971. The van der Waals surface area contributed by atoms with Crippen LogP contribution >= 0.6 is 23.2 Å². The number of hydrogen-bond acceptors (Lipinski definition) is 4. The third-order valence-electron chi connectivity index (χ3n) is 1.69. The highest BCUT2D eigenvalue weighted by molar-refractivity contribution is 6.34. The lowest BCUT2D eigenvalue weighted by Crippen LogP contribution is -1.94. The van der Waals surface area contributed by atoms with Crippen molar-refractivity contribution in [3.8, 4) is 11.6 Å². The van der Waals surface area contributed by atoms with Crippen molar-refractivity contribution in [2.45, 2.75) is 0 Å². The van der Waals surface area contributed by atoms with Gasteiger partial charge in [0.05, 0.1) is 12.4 Å². The fourth-order valence-electron chi connectivity index (χ4n) is 1.12. The number of aromatic nitrogens is 2. The molecule has 16 heavy (non-hydrogen) atoms. The summed E-state index contributed by atoms with van der Waals surface area (Å²) >= 11 is 11.6. The van der Waals surface area contributed by atoms with E-state index in [2.05, 4.69) is 9.97 Å². The Kier molecular flexibility index (Phi) is 3.12. The van der Waals surface area contributed by atoms with Gasteiger partial charge in [-0.3, -0.25) is 4.98 Å². The lowest BCUT2D eigenvalue weighted by molar-refractivity contribution is 0.461. The number of benzene rings is 1. The first-order valence-corrected chi connectivity index (χ1v) is 5.10. The van der Waals surface area contributed by atoms with E-state index < -0.39 is 0 Å². The van der Waals surface area contributed by atoms with Crippen LogP contribution in [-0.4, -0.2) is 9.97 Å². The number of rotatable bonds is 2. The molecule has 2 aromatic rings. The van der Waals surface area contributed by atoms with E-state index >= 15 is 0 Å². The summed E-state index contributed by atoms with van der Waals surface area (Å²) in [4.78, 5) is 7.78. The molecular weight excluding hydrogens is 249 g/mol. The largest absolute Gasteiger partial charge is 0.437 e. The van der Waals surface area contributed by atoms with E-state index in [4.69, 9.17) is 33.7 Å². The van der Waals surface area contributed by atoms with Gasteiger partial charge in [0.1, 0.15) is 11.6 Å². The van der Waals surface area contributed by atoms with Crippen molar-refractivity contribution in [3.05, 3.63) is 40.6 Å². The molecule has 6 heteroatoms. The minimum Gasteiger partial charge on any atom is -0.437 e. The number of nitrogens with two attached hydrogens (primary N) is 1. The predicted molar refractivity (Wildman–Crippen MR) is 63.0 cm³/mol. The molecule has 0 aliphatic rings. The SMILES string of the molecule is Nc1cncc(Oc2cc(Cl)cc(Cl)c2)n1. The van der Waals surface area contributed by atoms with Crippen LogP contribution in [0.4, 0.5) is 5.82 Å². The first-order valence-electron chi connectivity index (χ1n) is 4.35. The first kappa shape index (κ1) is 11.0. The van der Waals surface area contributed by atoms with Crippen LogP contribution in [-0.2, 0) is 0 Å². The molecule has 0 aliphatic carbocycles. The molecule has 0 fully saturated rings. The van der Waals surface area contributed by atoms with E-state index in [9.17, 15) is 0 Å². The van der Waals surface area contributed by atoms with Crippen LogP contribution in [0.25, 0.3) is 0 Å². The molecule has 0 unspecified atom stereocenters. The van der Waals surface area contributed by atoms with Gasteiger partial charge in [0, 0.05) is 10.0 Å². The highest BCUT2D eigenvalue weighted by Gasteiger charge is 2.02. The van der Waals surface area contributed by atoms with E-state index in [1.54, 1.807) is 18.2 Å². The average Bonchev–Trinajstić information content (AvgIpc) is 2.15. The molecule has 1 aromatic heterocycles. The first-order chi connectivity index (χ1) is 7.63. The highest BCUT2D eigenvalue weighted by Crippen LogP contribution is 2.27. The molecule has 0 aliphatic heterocycles. The zero-order valence-corrected chi connectivity index (χ0v) is 9.53. The lowest BCUT2D eigenvalue weighted by Gasteiger charge is -2.05. The van der Waals surface area contributed by atoms with E-state index in [-0.39, 0.29) is 5.82 Å². The Morgan fingerprint density at radius 3 is 2.38 bits per heavy atom. The van der Waals surface area contributed by atoms with Crippen molar-refractivity contribution in [2.75, 3.05) is 5.73 Å². The van der Waals surface area contributed by atoms with Gasteiger partial charge in [-0.2, -0.15) is 4.98 Å². The number of hydrogen-bond donors (Lipinski definition) is 1. The fourth-order valence-corrected chi connectivity index (χ4v) is 1.63. The zero-order chi connectivity index (χ0) is 11.5. The van der Waals surface area contributed by atoms with Gasteiger partial charge in [0.2, 0.25) is 5.88 Å². The second-order valence-corrected chi connectivity index (χ2v) is 3.86. The zero-order valence-electron chi connectivity index (χ0n) is 8.02. The van der Waals surface area contributed by atoms with Crippen LogP contribution in [0.15, 0.2) is 30.6 Å². The molecule has 2 N–H and O–H groups in total. The summed E-state index contributed by atoms with van der Waals surface area (Å²) in [5.41, 5.74) is 5.47. The molecule has 1 aromatic carbocycles. The summed E-state index contributed by atoms with van der Waals surface area (Å²) in [7, 11) is 0. The van der Waals surface area contributed by atoms with Gasteiger partial charge in [0.25, 0.3) is 0 Å². The van der Waals surface area contributed by atoms with Crippen molar-refractivity contribution >= 4 is 29.0 Å². The monoisotopic (exact) mass is 255 g/mol. The van der Waals surface area contributed by atoms with Gasteiger partial charge in [-0.25, -0.2) is 0 Å². The number of ether oxygens (including phenoxy) is 1. The van der Waals surface area contributed by atoms with Crippen LogP contribution in [0.2, 0.25) is 10.0 Å². The van der Waals surface area contributed by atoms with Gasteiger partial charge in [0.15, 0.2) is 0 Å². The fraction of sp³-hybridized carbons (Fsp3) is 0. The number of halogens is 2. The summed E-state index contributed by atoms with van der Waals surface area (Å²) in [6.45, 7) is 0. The molecule has 0 amide bonds. The molecular formula is C10H7Cl2N3O. The van der Waals surface area contributed by atoms with Gasteiger partial charge in [-0.05, 0) is 18.2 Å². The van der Waals surface area contributed by atoms with Gasteiger partial charge < -0.3 is 10.5 Å². The van der Waals surface area contributed by atoms with Crippen molar-refractivity contribution in [3.63, 3.8) is 0 Å². The topological polar surface area (TPSA) is 61.0 Å². The molecule has 1 heterocycles. The molecule has 2 rings (SSSR count). The summed E-state index contributed by atoms with van der Waals surface area (Å²) < 4.78 is 5.40. The second kappa shape index (κ2) is 4.55. The third-order valence-corrected chi connectivity index (χ3v) is 2.13.